The van der Waals surface area contributed by atoms with Crippen LogP contribution in [0.25, 0.3) is 5.69 Å². The molecule has 11 heteroatoms. The number of carbonyl (C=O) groups is 1. The van der Waals surface area contributed by atoms with E-state index in [1.807, 2.05) is 0 Å². The van der Waals surface area contributed by atoms with Crippen molar-refractivity contribution in [3.63, 3.8) is 0 Å². The zero-order valence-electron chi connectivity index (χ0n) is 16.5. The Morgan fingerprint density at radius 3 is 2.53 bits per heavy atom. The molecule has 0 aliphatic rings. The first-order valence-electron chi connectivity index (χ1n) is 9.19. The molecule has 1 amide bonds. The first kappa shape index (κ1) is 23.1. The fourth-order valence-electron chi connectivity index (χ4n) is 2.96. The molecule has 168 valence electrons. The molecule has 6 nitrogen and oxygen atoms in total. The maximum atomic E-state index is 14.6. The highest BCUT2D eigenvalue weighted by molar-refractivity contribution is 5.92. The number of alkyl halides is 2. The van der Waals surface area contributed by atoms with Crippen LogP contribution in [-0.4, -0.2) is 27.4 Å². The monoisotopic (exact) mass is 453 g/mol. The van der Waals surface area contributed by atoms with Crippen molar-refractivity contribution in [2.75, 3.05) is 6.61 Å². The molecule has 32 heavy (non-hydrogen) atoms. The number of hydrogen-bond donors (Lipinski definition) is 2. The number of rotatable bonds is 6. The lowest BCUT2D eigenvalue weighted by atomic mass is 10.0. The average molecular weight is 453 g/mol. The number of nitrogens with one attached hydrogen (secondary N) is 1. The first-order chi connectivity index (χ1) is 15.0. The topological polar surface area (TPSA) is 84.2 Å². The van der Waals surface area contributed by atoms with Gasteiger partial charge in [0.2, 0.25) is 0 Å². The van der Waals surface area contributed by atoms with Crippen molar-refractivity contribution in [2.24, 2.45) is 0 Å². The van der Waals surface area contributed by atoms with Gasteiger partial charge in [-0.15, -0.1) is 0 Å². The zero-order chi connectivity index (χ0) is 23.6. The fourth-order valence-corrected chi connectivity index (χ4v) is 2.96. The Bertz CT molecular complexity index is 1230. The molecule has 0 aliphatic heterocycles. The number of hydrogen-bond acceptors (Lipinski definition) is 4. The summed E-state index contributed by atoms with van der Waals surface area (Å²) in [6, 6.07) is 6.41. The summed E-state index contributed by atoms with van der Waals surface area (Å²) in [5.41, 5.74) is -2.87. The lowest BCUT2D eigenvalue weighted by Crippen LogP contribution is -2.31. The maximum Gasteiger partial charge on any atom is 0.298 e. The molecule has 0 spiro atoms. The number of benzene rings is 2. The van der Waals surface area contributed by atoms with E-state index < -0.39 is 58.7 Å². The number of amides is 1. The highest BCUT2D eigenvalue weighted by atomic mass is 19.3. The van der Waals surface area contributed by atoms with Gasteiger partial charge in [0.25, 0.3) is 17.4 Å². The third-order valence-electron chi connectivity index (χ3n) is 4.61. The fraction of sp³-hybridized carbons (Fsp3) is 0.190. The van der Waals surface area contributed by atoms with E-state index in [-0.39, 0.29) is 11.3 Å². The van der Waals surface area contributed by atoms with Crippen LogP contribution >= 0.6 is 0 Å². The summed E-state index contributed by atoms with van der Waals surface area (Å²) in [4.78, 5) is 24.6. The van der Waals surface area contributed by atoms with Gasteiger partial charge in [-0.1, -0.05) is 12.1 Å². The van der Waals surface area contributed by atoms with Gasteiger partial charge in [0, 0.05) is 17.7 Å². The molecule has 3 aromatic rings. The number of carbonyl (C=O) groups excluding carboxylic acids is 1. The molecule has 1 atom stereocenters. The van der Waals surface area contributed by atoms with Crippen LogP contribution in [0.4, 0.5) is 22.0 Å². The van der Waals surface area contributed by atoms with Crippen molar-refractivity contribution in [1.82, 2.24) is 15.1 Å². The molecule has 0 aliphatic carbocycles. The van der Waals surface area contributed by atoms with Crippen molar-refractivity contribution in [2.45, 2.75) is 18.9 Å². The summed E-state index contributed by atoms with van der Waals surface area (Å²) in [6.07, 6.45) is 0. The van der Waals surface area contributed by atoms with Crippen LogP contribution in [0.1, 0.15) is 34.6 Å². The first-order valence-corrected chi connectivity index (χ1v) is 9.19. The van der Waals surface area contributed by atoms with Crippen molar-refractivity contribution in [3.05, 3.63) is 93.2 Å². The Morgan fingerprint density at radius 2 is 1.88 bits per heavy atom. The molecular formula is C21H16F5N3O3. The predicted molar refractivity (Wildman–Crippen MR) is 103 cm³/mol. The van der Waals surface area contributed by atoms with Gasteiger partial charge >= 0.3 is 0 Å². The van der Waals surface area contributed by atoms with Gasteiger partial charge in [0.05, 0.1) is 11.6 Å². The van der Waals surface area contributed by atoms with Gasteiger partial charge in [-0.25, -0.2) is 13.2 Å². The SMILES string of the molecule is C[C@@H](NC(=O)c1ccc(=O)n(-c2ccc(F)cc2F)n1)c1cccc(C(F)(F)CO)c1F. The lowest BCUT2D eigenvalue weighted by Gasteiger charge is -2.20. The van der Waals surface area contributed by atoms with Crippen LogP contribution in [0.5, 0.6) is 0 Å². The molecule has 0 saturated carbocycles. The molecule has 0 bridgehead atoms. The van der Waals surface area contributed by atoms with E-state index in [4.69, 9.17) is 5.11 Å². The third-order valence-corrected chi connectivity index (χ3v) is 4.61. The predicted octanol–water partition coefficient (Wildman–Crippen LogP) is 3.22. The number of halogens is 5. The summed E-state index contributed by atoms with van der Waals surface area (Å²) in [7, 11) is 0. The Labute approximate surface area is 177 Å². The molecule has 0 saturated heterocycles. The van der Waals surface area contributed by atoms with E-state index >= 15 is 0 Å². The van der Waals surface area contributed by atoms with Crippen LogP contribution in [0.3, 0.4) is 0 Å². The highest BCUT2D eigenvalue weighted by Gasteiger charge is 2.35. The van der Waals surface area contributed by atoms with E-state index in [1.165, 1.54) is 13.0 Å². The third kappa shape index (κ3) is 4.52. The normalized spacial score (nSPS) is 12.5. The Morgan fingerprint density at radius 1 is 1.16 bits per heavy atom. The molecule has 1 heterocycles. The number of nitrogens with zero attached hydrogens (tertiary/aromatic N) is 2. The lowest BCUT2D eigenvalue weighted by molar-refractivity contribution is -0.0584. The van der Waals surface area contributed by atoms with Gasteiger partial charge in [-0.2, -0.15) is 18.6 Å². The molecule has 2 N–H and O–H groups in total. The average Bonchev–Trinajstić information content (AvgIpc) is 2.74. The van der Waals surface area contributed by atoms with Crippen LogP contribution in [0.15, 0.2) is 53.3 Å². The van der Waals surface area contributed by atoms with Gasteiger partial charge < -0.3 is 10.4 Å². The molecule has 2 aromatic carbocycles. The molecule has 3 rings (SSSR count). The van der Waals surface area contributed by atoms with Gasteiger partial charge in [0.1, 0.15) is 29.6 Å². The minimum Gasteiger partial charge on any atom is -0.390 e. The van der Waals surface area contributed by atoms with Crippen molar-refractivity contribution in [3.8, 4) is 5.69 Å². The van der Waals surface area contributed by atoms with Gasteiger partial charge in [-0.3, -0.25) is 9.59 Å². The molecular weight excluding hydrogens is 437 g/mol. The van der Waals surface area contributed by atoms with E-state index in [0.29, 0.717) is 10.7 Å². The summed E-state index contributed by atoms with van der Waals surface area (Å²) < 4.78 is 69.8. The molecule has 1 aromatic heterocycles. The Balaban J connectivity index is 1.90. The second kappa shape index (κ2) is 8.87. The van der Waals surface area contributed by atoms with Gasteiger partial charge in [-0.05, 0) is 31.2 Å². The van der Waals surface area contributed by atoms with Crippen LogP contribution < -0.4 is 10.9 Å². The number of aliphatic hydroxyl groups is 1. The molecule has 0 radical (unpaired) electrons. The quantitative estimate of drug-likeness (QED) is 0.562. The molecule has 0 unspecified atom stereocenters. The minimum atomic E-state index is -3.82. The van der Waals surface area contributed by atoms with E-state index in [0.717, 1.165) is 36.4 Å². The summed E-state index contributed by atoms with van der Waals surface area (Å²) in [5.74, 6) is -7.99. The summed E-state index contributed by atoms with van der Waals surface area (Å²) >= 11 is 0. The second-order valence-electron chi connectivity index (χ2n) is 6.83. The van der Waals surface area contributed by atoms with Crippen LogP contribution in [0.2, 0.25) is 0 Å². The van der Waals surface area contributed by atoms with E-state index in [2.05, 4.69) is 10.4 Å². The van der Waals surface area contributed by atoms with E-state index in [9.17, 15) is 31.5 Å². The Kier molecular flexibility index (Phi) is 6.40. The minimum absolute atomic E-state index is 0.276. The summed E-state index contributed by atoms with van der Waals surface area (Å²) in [6.45, 7) is -0.271. The smallest absolute Gasteiger partial charge is 0.298 e. The van der Waals surface area contributed by atoms with E-state index in [1.54, 1.807) is 0 Å². The molecule has 0 fully saturated rings. The maximum absolute atomic E-state index is 14.6. The van der Waals surface area contributed by atoms with Crippen molar-refractivity contribution >= 4 is 5.91 Å². The number of aromatic nitrogens is 2. The van der Waals surface area contributed by atoms with Crippen LogP contribution in [-0.2, 0) is 5.92 Å². The van der Waals surface area contributed by atoms with Crippen molar-refractivity contribution in [1.29, 1.82) is 0 Å². The van der Waals surface area contributed by atoms with Crippen molar-refractivity contribution < 1.29 is 31.9 Å². The summed E-state index contributed by atoms with van der Waals surface area (Å²) in [5, 5.41) is 14.9. The van der Waals surface area contributed by atoms with Crippen LogP contribution in [0, 0.1) is 17.5 Å². The standard InChI is InChI=1S/C21H16F5N3O3/c1-11(13-3-2-4-14(19(13)24)21(25,26)10-30)27-20(32)16-6-8-18(31)29(28-16)17-7-5-12(22)9-15(17)23/h2-9,11,30H,10H2,1H3,(H,27,32)/t11-/m1/s1. The highest BCUT2D eigenvalue weighted by Crippen LogP contribution is 2.32. The second-order valence-corrected chi connectivity index (χ2v) is 6.83. The number of aliphatic hydroxyl groups excluding tert-OH is 1. The Hall–Kier alpha value is -3.60. The largest absolute Gasteiger partial charge is 0.390 e. The zero-order valence-corrected chi connectivity index (χ0v) is 16.5. The van der Waals surface area contributed by atoms with Gasteiger partial charge in [0.15, 0.2) is 5.82 Å².